The van der Waals surface area contributed by atoms with Gasteiger partial charge in [0.2, 0.25) is 0 Å². The average molecular weight is 169 g/mol. The summed E-state index contributed by atoms with van der Waals surface area (Å²) in [4.78, 5) is 0. The Hall–Kier alpha value is -0.850. The third-order valence-electron chi connectivity index (χ3n) is 0.974. The fraction of sp³-hybridized carbons (Fsp3) is 0.667. The molecule has 0 rings (SSSR count). The summed E-state index contributed by atoms with van der Waals surface area (Å²) < 4.78 is 10.4. The maximum atomic E-state index is 8.24. The van der Waals surface area contributed by atoms with Gasteiger partial charge in [-0.2, -0.15) is 5.26 Å². The third-order valence-corrected chi connectivity index (χ3v) is 0.974. The monoisotopic (exact) mass is 169 g/mol. The third kappa shape index (κ3) is 5.90. The van der Waals surface area contributed by atoms with Crippen LogP contribution in [0.1, 0.15) is 20.8 Å². The maximum Gasteiger partial charge on any atom is 0.178 e. The van der Waals surface area contributed by atoms with Crippen LogP contribution in [0.15, 0.2) is 12.7 Å². The molecule has 0 aliphatic rings. The summed E-state index contributed by atoms with van der Waals surface area (Å²) in [6.45, 7) is 9.31. The highest BCUT2D eigenvalue weighted by Gasteiger charge is 2.16. The molecule has 0 saturated carbocycles. The molecule has 0 aromatic rings. The zero-order valence-corrected chi connectivity index (χ0v) is 7.83. The molecule has 3 nitrogen and oxygen atoms in total. The van der Waals surface area contributed by atoms with Gasteiger partial charge in [-0.05, 0) is 26.8 Å². The van der Waals surface area contributed by atoms with Crippen molar-refractivity contribution in [3.63, 3.8) is 0 Å². The van der Waals surface area contributed by atoms with Gasteiger partial charge in [-0.25, -0.2) is 0 Å². The average Bonchev–Trinajstić information content (AvgIpc) is 1.95. The number of nitrogens with zero attached hydrogens (tertiary/aromatic N) is 1. The molecule has 0 heterocycles. The van der Waals surface area contributed by atoms with Crippen molar-refractivity contribution in [1.29, 1.82) is 5.26 Å². The second-order valence-corrected chi connectivity index (χ2v) is 3.30. The second-order valence-electron chi connectivity index (χ2n) is 3.30. The largest absolute Gasteiger partial charge is 0.343 e. The molecule has 1 unspecified atom stereocenters. The van der Waals surface area contributed by atoms with E-state index in [4.69, 9.17) is 14.7 Å². The minimum Gasteiger partial charge on any atom is -0.343 e. The normalized spacial score (nSPS) is 13.5. The van der Waals surface area contributed by atoms with Crippen LogP contribution in [0.5, 0.6) is 0 Å². The van der Waals surface area contributed by atoms with Crippen molar-refractivity contribution in [2.45, 2.75) is 32.7 Å². The molecular formula is C9H15NO2. The molecular weight excluding hydrogens is 154 g/mol. The molecule has 12 heavy (non-hydrogen) atoms. The fourth-order valence-corrected chi connectivity index (χ4v) is 0.618. The lowest BCUT2D eigenvalue weighted by Gasteiger charge is -2.24. The van der Waals surface area contributed by atoms with E-state index in [1.807, 2.05) is 26.8 Å². The Morgan fingerprint density at radius 2 is 2.17 bits per heavy atom. The molecule has 0 spiro atoms. The molecule has 0 aliphatic heterocycles. The molecule has 0 saturated heterocycles. The fourth-order valence-electron chi connectivity index (χ4n) is 0.618. The van der Waals surface area contributed by atoms with Gasteiger partial charge in [0.15, 0.2) is 6.29 Å². The van der Waals surface area contributed by atoms with Gasteiger partial charge >= 0.3 is 0 Å². The van der Waals surface area contributed by atoms with E-state index in [9.17, 15) is 0 Å². The number of hydrogen-bond donors (Lipinski definition) is 0. The van der Waals surface area contributed by atoms with Gasteiger partial charge in [-0.1, -0.05) is 6.58 Å². The smallest absolute Gasteiger partial charge is 0.178 e. The standard InChI is InChI=1S/C9H15NO2/c1-5-8(11-7-6-10)12-9(2,3)4/h5,8H,1,7H2,2-4H3. The number of rotatable bonds is 4. The molecule has 3 heteroatoms. The van der Waals surface area contributed by atoms with Gasteiger partial charge in [-0.15, -0.1) is 0 Å². The van der Waals surface area contributed by atoms with Gasteiger partial charge in [0.1, 0.15) is 6.61 Å². The van der Waals surface area contributed by atoms with E-state index in [0.29, 0.717) is 0 Å². The van der Waals surface area contributed by atoms with Crippen molar-refractivity contribution in [3.05, 3.63) is 12.7 Å². The SMILES string of the molecule is C=CC(OCC#N)OC(C)(C)C. The molecule has 68 valence electrons. The lowest BCUT2D eigenvalue weighted by Crippen LogP contribution is -2.28. The van der Waals surface area contributed by atoms with E-state index in [0.717, 1.165) is 0 Å². The predicted octanol–water partition coefficient (Wildman–Crippen LogP) is 1.85. The number of nitriles is 1. The predicted molar refractivity (Wildman–Crippen MR) is 46.4 cm³/mol. The summed E-state index contributed by atoms with van der Waals surface area (Å²) in [5.74, 6) is 0. The van der Waals surface area contributed by atoms with Gasteiger partial charge in [0.05, 0.1) is 11.7 Å². The van der Waals surface area contributed by atoms with Crippen LogP contribution in [0.25, 0.3) is 0 Å². The van der Waals surface area contributed by atoms with Crippen molar-refractivity contribution >= 4 is 0 Å². The summed E-state index contributed by atoms with van der Waals surface area (Å²) in [7, 11) is 0. The molecule has 0 amide bonds. The first kappa shape index (κ1) is 11.2. The van der Waals surface area contributed by atoms with Gasteiger partial charge in [0, 0.05) is 0 Å². The Balaban J connectivity index is 3.85. The molecule has 0 aliphatic carbocycles. The highest BCUT2D eigenvalue weighted by Crippen LogP contribution is 2.11. The molecule has 0 N–H and O–H groups in total. The highest BCUT2D eigenvalue weighted by molar-refractivity contribution is 4.78. The van der Waals surface area contributed by atoms with E-state index >= 15 is 0 Å². The minimum atomic E-state index is -0.496. The summed E-state index contributed by atoms with van der Waals surface area (Å²) in [5.41, 5.74) is -0.283. The van der Waals surface area contributed by atoms with Gasteiger partial charge in [-0.3, -0.25) is 0 Å². The summed E-state index contributed by atoms with van der Waals surface area (Å²) in [6, 6.07) is 1.87. The van der Waals surface area contributed by atoms with E-state index in [-0.39, 0.29) is 12.2 Å². The van der Waals surface area contributed by atoms with Crippen molar-refractivity contribution in [3.8, 4) is 6.07 Å². The van der Waals surface area contributed by atoms with Crippen LogP contribution in [0.4, 0.5) is 0 Å². The Bertz CT molecular complexity index is 176. The van der Waals surface area contributed by atoms with Crippen LogP contribution in [0.2, 0.25) is 0 Å². The van der Waals surface area contributed by atoms with Crippen molar-refractivity contribution in [2.24, 2.45) is 0 Å². The summed E-state index contributed by atoms with van der Waals surface area (Å²) in [5, 5.41) is 8.24. The number of hydrogen-bond acceptors (Lipinski definition) is 3. The van der Waals surface area contributed by atoms with E-state index < -0.39 is 6.29 Å². The van der Waals surface area contributed by atoms with Crippen molar-refractivity contribution in [2.75, 3.05) is 6.61 Å². The first-order chi connectivity index (χ1) is 5.49. The Labute approximate surface area is 73.6 Å². The quantitative estimate of drug-likeness (QED) is 0.476. The van der Waals surface area contributed by atoms with Gasteiger partial charge in [0.25, 0.3) is 0 Å². The summed E-state index contributed by atoms with van der Waals surface area (Å²) in [6.07, 6.45) is 1.03. The van der Waals surface area contributed by atoms with Crippen LogP contribution in [-0.2, 0) is 9.47 Å². The van der Waals surface area contributed by atoms with Crippen LogP contribution < -0.4 is 0 Å². The molecule has 0 bridgehead atoms. The minimum absolute atomic E-state index is 0.0206. The van der Waals surface area contributed by atoms with E-state index in [2.05, 4.69) is 6.58 Å². The molecule has 0 aromatic heterocycles. The first-order valence-corrected chi connectivity index (χ1v) is 3.78. The lowest BCUT2D eigenvalue weighted by atomic mass is 10.2. The van der Waals surface area contributed by atoms with Crippen LogP contribution in [0, 0.1) is 11.3 Å². The van der Waals surface area contributed by atoms with E-state index in [1.165, 1.54) is 6.08 Å². The van der Waals surface area contributed by atoms with E-state index in [1.54, 1.807) is 0 Å². The van der Waals surface area contributed by atoms with Crippen LogP contribution >= 0.6 is 0 Å². The maximum absolute atomic E-state index is 8.24. The molecule has 1 atom stereocenters. The molecule has 0 fully saturated rings. The zero-order valence-electron chi connectivity index (χ0n) is 7.83. The highest BCUT2D eigenvalue weighted by atomic mass is 16.7. The Morgan fingerprint density at radius 1 is 1.58 bits per heavy atom. The van der Waals surface area contributed by atoms with Crippen LogP contribution in [0.3, 0.4) is 0 Å². The van der Waals surface area contributed by atoms with Gasteiger partial charge < -0.3 is 9.47 Å². The van der Waals surface area contributed by atoms with Crippen molar-refractivity contribution in [1.82, 2.24) is 0 Å². The van der Waals surface area contributed by atoms with Crippen LogP contribution in [-0.4, -0.2) is 18.5 Å². The Morgan fingerprint density at radius 3 is 2.50 bits per heavy atom. The first-order valence-electron chi connectivity index (χ1n) is 3.78. The molecule has 0 aromatic carbocycles. The number of ether oxygens (including phenoxy) is 2. The topological polar surface area (TPSA) is 42.2 Å². The zero-order chi connectivity index (χ0) is 9.61. The summed E-state index contributed by atoms with van der Waals surface area (Å²) >= 11 is 0. The molecule has 0 radical (unpaired) electrons. The Kier molecular flexibility index (Phi) is 4.57. The second kappa shape index (κ2) is 4.91. The van der Waals surface area contributed by atoms with Crippen molar-refractivity contribution < 1.29 is 9.47 Å². The lowest BCUT2D eigenvalue weighted by molar-refractivity contribution is -0.162.